The molecule has 2 heterocycles. The molecule has 0 spiro atoms. The SMILES string of the molecule is COc1ccc(C(=O)N2CCOCC2c2ncno2)cc1F. The Morgan fingerprint density at radius 1 is 1.50 bits per heavy atom. The van der Waals surface area contributed by atoms with Crippen molar-refractivity contribution in [1.29, 1.82) is 0 Å². The van der Waals surface area contributed by atoms with Crippen LogP contribution < -0.4 is 4.74 Å². The predicted molar refractivity (Wildman–Crippen MR) is 71.8 cm³/mol. The maximum Gasteiger partial charge on any atom is 0.254 e. The highest BCUT2D eigenvalue weighted by atomic mass is 19.1. The first-order chi connectivity index (χ1) is 10.7. The van der Waals surface area contributed by atoms with Gasteiger partial charge in [0.05, 0.1) is 20.3 Å². The van der Waals surface area contributed by atoms with E-state index in [1.807, 2.05) is 0 Å². The number of hydrogen-bond acceptors (Lipinski definition) is 6. The van der Waals surface area contributed by atoms with E-state index in [0.29, 0.717) is 19.0 Å². The van der Waals surface area contributed by atoms with Crippen molar-refractivity contribution in [2.45, 2.75) is 6.04 Å². The van der Waals surface area contributed by atoms with Crippen molar-refractivity contribution < 1.29 is 23.2 Å². The molecule has 0 N–H and O–H groups in total. The van der Waals surface area contributed by atoms with E-state index in [1.165, 1.54) is 30.5 Å². The van der Waals surface area contributed by atoms with Crippen LogP contribution in [0, 0.1) is 5.82 Å². The first-order valence-electron chi connectivity index (χ1n) is 6.69. The van der Waals surface area contributed by atoms with E-state index in [9.17, 15) is 9.18 Å². The minimum absolute atomic E-state index is 0.0898. The van der Waals surface area contributed by atoms with Gasteiger partial charge in [-0.15, -0.1) is 0 Å². The smallest absolute Gasteiger partial charge is 0.254 e. The number of amides is 1. The molecule has 1 aromatic carbocycles. The molecule has 1 aliphatic heterocycles. The molecule has 2 aromatic rings. The summed E-state index contributed by atoms with van der Waals surface area (Å²) in [5.74, 6) is -0.530. The number of carbonyl (C=O) groups is 1. The zero-order valence-electron chi connectivity index (χ0n) is 11.9. The summed E-state index contributed by atoms with van der Waals surface area (Å²) in [6.07, 6.45) is 1.26. The predicted octanol–water partition coefficient (Wildman–Crippen LogP) is 1.43. The lowest BCUT2D eigenvalue weighted by Gasteiger charge is -2.33. The molecular weight excluding hydrogens is 293 g/mol. The van der Waals surface area contributed by atoms with E-state index in [4.69, 9.17) is 14.0 Å². The highest BCUT2D eigenvalue weighted by Crippen LogP contribution is 2.26. The summed E-state index contributed by atoms with van der Waals surface area (Å²) in [5, 5.41) is 3.54. The van der Waals surface area contributed by atoms with Crippen LogP contribution in [0.25, 0.3) is 0 Å². The number of aromatic nitrogens is 2. The molecule has 116 valence electrons. The molecule has 0 aliphatic carbocycles. The summed E-state index contributed by atoms with van der Waals surface area (Å²) in [6, 6.07) is 3.62. The molecule has 1 unspecified atom stereocenters. The number of morpholine rings is 1. The average Bonchev–Trinajstić information content (AvgIpc) is 3.08. The monoisotopic (exact) mass is 307 g/mol. The molecule has 22 heavy (non-hydrogen) atoms. The second-order valence-electron chi connectivity index (χ2n) is 4.72. The van der Waals surface area contributed by atoms with Crippen LogP contribution in [0.3, 0.4) is 0 Å². The Labute approximate surface area is 125 Å². The molecule has 0 bridgehead atoms. The van der Waals surface area contributed by atoms with Crippen molar-refractivity contribution >= 4 is 5.91 Å². The van der Waals surface area contributed by atoms with E-state index < -0.39 is 11.9 Å². The molecule has 1 aromatic heterocycles. The standard InChI is InChI=1S/C14H14FN3O4/c1-20-12-3-2-9(6-10(12)15)14(19)18-4-5-21-7-11(18)13-16-8-17-22-13/h2-3,6,8,11H,4-5,7H2,1H3. The number of benzene rings is 1. The molecule has 3 rings (SSSR count). The molecule has 7 nitrogen and oxygen atoms in total. The number of carbonyl (C=O) groups excluding carboxylic acids is 1. The first-order valence-corrected chi connectivity index (χ1v) is 6.69. The van der Waals surface area contributed by atoms with Crippen LogP contribution in [0.15, 0.2) is 29.0 Å². The summed E-state index contributed by atoms with van der Waals surface area (Å²) in [7, 11) is 1.37. The molecule has 1 amide bonds. The molecule has 0 saturated carbocycles. The highest BCUT2D eigenvalue weighted by molar-refractivity contribution is 5.94. The van der Waals surface area contributed by atoms with Crippen molar-refractivity contribution in [1.82, 2.24) is 15.0 Å². The minimum atomic E-state index is -0.587. The van der Waals surface area contributed by atoms with Gasteiger partial charge in [0.15, 0.2) is 17.9 Å². The Balaban J connectivity index is 1.87. The summed E-state index contributed by atoms with van der Waals surface area (Å²) >= 11 is 0. The Bertz CT molecular complexity index is 662. The summed E-state index contributed by atoms with van der Waals surface area (Å²) in [6.45, 7) is 1.01. The third-order valence-electron chi connectivity index (χ3n) is 3.45. The Kier molecular flexibility index (Phi) is 4.01. The van der Waals surface area contributed by atoms with Gasteiger partial charge < -0.3 is 18.9 Å². The summed E-state index contributed by atoms with van der Waals surface area (Å²) in [5.41, 5.74) is 0.227. The quantitative estimate of drug-likeness (QED) is 0.853. The van der Waals surface area contributed by atoms with Crippen LogP contribution in [0.4, 0.5) is 4.39 Å². The number of ether oxygens (including phenoxy) is 2. The lowest BCUT2D eigenvalue weighted by molar-refractivity contribution is -0.0119. The third-order valence-corrected chi connectivity index (χ3v) is 3.45. The zero-order valence-corrected chi connectivity index (χ0v) is 11.9. The van der Waals surface area contributed by atoms with E-state index in [0.717, 1.165) is 6.07 Å². The molecule has 1 atom stereocenters. The number of hydrogen-bond donors (Lipinski definition) is 0. The van der Waals surface area contributed by atoms with Gasteiger partial charge in [-0.05, 0) is 18.2 Å². The van der Waals surface area contributed by atoms with Crippen LogP contribution in [0.5, 0.6) is 5.75 Å². The van der Waals surface area contributed by atoms with Gasteiger partial charge >= 0.3 is 0 Å². The van der Waals surface area contributed by atoms with E-state index in [2.05, 4.69) is 10.1 Å². The highest BCUT2D eigenvalue weighted by Gasteiger charge is 2.33. The topological polar surface area (TPSA) is 77.7 Å². The Morgan fingerprint density at radius 2 is 2.36 bits per heavy atom. The first kappa shape index (κ1) is 14.5. The van der Waals surface area contributed by atoms with Gasteiger partial charge in [-0.25, -0.2) is 4.39 Å². The lowest BCUT2D eigenvalue weighted by Crippen LogP contribution is -2.43. The van der Waals surface area contributed by atoms with Gasteiger partial charge in [0.2, 0.25) is 0 Å². The number of methoxy groups -OCH3 is 1. The number of rotatable bonds is 3. The van der Waals surface area contributed by atoms with Gasteiger partial charge in [0.25, 0.3) is 11.8 Å². The van der Waals surface area contributed by atoms with Crippen LogP contribution in [-0.2, 0) is 4.74 Å². The van der Waals surface area contributed by atoms with Gasteiger partial charge in [-0.2, -0.15) is 4.98 Å². The number of halogens is 1. The van der Waals surface area contributed by atoms with Gasteiger partial charge in [0.1, 0.15) is 6.04 Å². The van der Waals surface area contributed by atoms with Crippen molar-refractivity contribution in [3.8, 4) is 5.75 Å². The number of nitrogens with zero attached hydrogens (tertiary/aromatic N) is 3. The molecular formula is C14H14FN3O4. The van der Waals surface area contributed by atoms with E-state index in [-0.39, 0.29) is 23.8 Å². The van der Waals surface area contributed by atoms with Gasteiger partial charge in [-0.3, -0.25) is 4.79 Å². The molecule has 8 heteroatoms. The van der Waals surface area contributed by atoms with Crippen molar-refractivity contribution in [3.63, 3.8) is 0 Å². The van der Waals surface area contributed by atoms with E-state index >= 15 is 0 Å². The fourth-order valence-corrected chi connectivity index (χ4v) is 2.35. The molecule has 1 aliphatic rings. The van der Waals surface area contributed by atoms with E-state index in [1.54, 1.807) is 0 Å². The minimum Gasteiger partial charge on any atom is -0.494 e. The summed E-state index contributed by atoms with van der Waals surface area (Å²) < 4.78 is 29.0. The molecule has 0 radical (unpaired) electrons. The lowest BCUT2D eigenvalue weighted by atomic mass is 10.1. The fraction of sp³-hybridized carbons (Fsp3) is 0.357. The Morgan fingerprint density at radius 3 is 3.05 bits per heavy atom. The van der Waals surface area contributed by atoms with Crippen molar-refractivity contribution in [2.24, 2.45) is 0 Å². The Hall–Kier alpha value is -2.48. The summed E-state index contributed by atoms with van der Waals surface area (Å²) in [4.78, 5) is 18.1. The molecule has 1 fully saturated rings. The van der Waals surface area contributed by atoms with Crippen molar-refractivity contribution in [3.05, 3.63) is 41.8 Å². The van der Waals surface area contributed by atoms with Crippen LogP contribution in [0.2, 0.25) is 0 Å². The maximum atomic E-state index is 13.8. The van der Waals surface area contributed by atoms with Crippen LogP contribution in [-0.4, -0.2) is 47.8 Å². The van der Waals surface area contributed by atoms with Crippen LogP contribution in [0.1, 0.15) is 22.3 Å². The maximum absolute atomic E-state index is 13.8. The van der Waals surface area contributed by atoms with Crippen LogP contribution >= 0.6 is 0 Å². The third kappa shape index (κ3) is 2.64. The zero-order chi connectivity index (χ0) is 15.5. The fourth-order valence-electron chi connectivity index (χ4n) is 2.35. The van der Waals surface area contributed by atoms with Crippen molar-refractivity contribution in [2.75, 3.05) is 26.9 Å². The normalized spacial score (nSPS) is 18.3. The largest absolute Gasteiger partial charge is 0.494 e. The van der Waals surface area contributed by atoms with Gasteiger partial charge in [-0.1, -0.05) is 5.16 Å². The van der Waals surface area contributed by atoms with Gasteiger partial charge in [0, 0.05) is 12.1 Å². The molecule has 1 saturated heterocycles. The average molecular weight is 307 g/mol. The second-order valence-corrected chi connectivity index (χ2v) is 4.72. The second kappa shape index (κ2) is 6.10.